The molecule has 1 N–H and O–H groups in total. The van der Waals surface area contributed by atoms with Gasteiger partial charge >= 0.3 is 0 Å². The molecule has 0 bridgehead atoms. The van der Waals surface area contributed by atoms with Crippen molar-refractivity contribution in [2.24, 2.45) is 0 Å². The lowest BCUT2D eigenvalue weighted by Gasteiger charge is -2.07. The Morgan fingerprint density at radius 3 is 2.89 bits per heavy atom. The standard InChI is InChI=1S/C13H22N2O3/c1-17-11-12-18-10-4-6-14-7-9-15-8-3-2-5-13(15)16/h2-3,5,8,14H,4,6-7,9-12H2,1H3. The van der Waals surface area contributed by atoms with Crippen LogP contribution in [0, 0.1) is 0 Å². The van der Waals surface area contributed by atoms with Gasteiger partial charge in [0.1, 0.15) is 0 Å². The molecule has 0 spiro atoms. The second-order valence-corrected chi connectivity index (χ2v) is 3.94. The third kappa shape index (κ3) is 6.54. The summed E-state index contributed by atoms with van der Waals surface area (Å²) in [7, 11) is 1.66. The van der Waals surface area contributed by atoms with Crippen LogP contribution in [0.2, 0.25) is 0 Å². The fraction of sp³-hybridized carbons (Fsp3) is 0.615. The van der Waals surface area contributed by atoms with Crippen LogP contribution in [0.1, 0.15) is 6.42 Å². The van der Waals surface area contributed by atoms with Crippen LogP contribution in [-0.4, -0.2) is 44.6 Å². The van der Waals surface area contributed by atoms with Crippen LogP contribution in [0.5, 0.6) is 0 Å². The van der Waals surface area contributed by atoms with Gasteiger partial charge in [-0.15, -0.1) is 0 Å². The van der Waals surface area contributed by atoms with Gasteiger partial charge in [-0.3, -0.25) is 4.79 Å². The molecule has 102 valence electrons. The SMILES string of the molecule is COCCOCCCNCCn1ccccc1=O. The van der Waals surface area contributed by atoms with Gasteiger partial charge in [-0.2, -0.15) is 0 Å². The van der Waals surface area contributed by atoms with Crippen LogP contribution in [0.3, 0.4) is 0 Å². The second kappa shape index (κ2) is 9.82. The Balaban J connectivity index is 1.96. The summed E-state index contributed by atoms with van der Waals surface area (Å²) in [6.07, 6.45) is 2.77. The Hall–Kier alpha value is -1.17. The Morgan fingerprint density at radius 1 is 1.22 bits per heavy atom. The number of ether oxygens (including phenoxy) is 2. The first-order chi connectivity index (χ1) is 8.84. The van der Waals surface area contributed by atoms with Crippen molar-refractivity contribution in [3.05, 3.63) is 34.7 Å². The maximum absolute atomic E-state index is 11.4. The number of nitrogens with one attached hydrogen (secondary N) is 1. The van der Waals surface area contributed by atoms with E-state index >= 15 is 0 Å². The van der Waals surface area contributed by atoms with E-state index in [0.29, 0.717) is 19.8 Å². The van der Waals surface area contributed by atoms with Crippen molar-refractivity contribution in [3.63, 3.8) is 0 Å². The summed E-state index contributed by atoms with van der Waals surface area (Å²) in [6, 6.07) is 5.19. The van der Waals surface area contributed by atoms with Gasteiger partial charge in [0.25, 0.3) is 5.56 Å². The fourth-order valence-electron chi connectivity index (χ4n) is 1.51. The molecule has 5 heteroatoms. The lowest BCUT2D eigenvalue weighted by molar-refractivity contribution is 0.0695. The van der Waals surface area contributed by atoms with Crippen LogP contribution >= 0.6 is 0 Å². The van der Waals surface area contributed by atoms with E-state index in [4.69, 9.17) is 9.47 Å². The number of methoxy groups -OCH3 is 1. The zero-order chi connectivity index (χ0) is 13.1. The molecule has 0 radical (unpaired) electrons. The summed E-state index contributed by atoms with van der Waals surface area (Å²) < 4.78 is 11.9. The quantitative estimate of drug-likeness (QED) is 0.617. The minimum absolute atomic E-state index is 0.0437. The molecule has 0 saturated heterocycles. The molecule has 5 nitrogen and oxygen atoms in total. The highest BCUT2D eigenvalue weighted by molar-refractivity contribution is 4.93. The molecule has 1 heterocycles. The highest BCUT2D eigenvalue weighted by atomic mass is 16.5. The van der Waals surface area contributed by atoms with Gasteiger partial charge in [0.2, 0.25) is 0 Å². The van der Waals surface area contributed by atoms with Gasteiger partial charge in [-0.1, -0.05) is 6.07 Å². The van der Waals surface area contributed by atoms with Crippen molar-refractivity contribution < 1.29 is 9.47 Å². The van der Waals surface area contributed by atoms with E-state index in [1.165, 1.54) is 0 Å². The van der Waals surface area contributed by atoms with Gasteiger partial charge < -0.3 is 19.4 Å². The Kier molecular flexibility index (Phi) is 8.12. The molecule has 0 unspecified atom stereocenters. The van der Waals surface area contributed by atoms with E-state index in [-0.39, 0.29) is 5.56 Å². The minimum Gasteiger partial charge on any atom is -0.382 e. The Labute approximate surface area is 108 Å². The largest absolute Gasteiger partial charge is 0.382 e. The first-order valence-electron chi connectivity index (χ1n) is 6.27. The molecule has 18 heavy (non-hydrogen) atoms. The predicted molar refractivity (Wildman–Crippen MR) is 70.9 cm³/mol. The van der Waals surface area contributed by atoms with Crippen LogP contribution in [0.15, 0.2) is 29.2 Å². The van der Waals surface area contributed by atoms with E-state index < -0.39 is 0 Å². The monoisotopic (exact) mass is 254 g/mol. The smallest absolute Gasteiger partial charge is 0.250 e. The molecule has 1 aromatic rings. The van der Waals surface area contributed by atoms with E-state index in [1.54, 1.807) is 30.0 Å². The van der Waals surface area contributed by atoms with Crippen LogP contribution in [0.4, 0.5) is 0 Å². The van der Waals surface area contributed by atoms with Crippen LogP contribution in [0.25, 0.3) is 0 Å². The molecule has 0 saturated carbocycles. The molecular weight excluding hydrogens is 232 g/mol. The second-order valence-electron chi connectivity index (χ2n) is 3.94. The highest BCUT2D eigenvalue weighted by Crippen LogP contribution is 1.83. The molecule has 0 atom stereocenters. The molecular formula is C13H22N2O3. The molecule has 0 aliphatic heterocycles. The van der Waals surface area contributed by atoms with Crippen molar-refractivity contribution in [2.45, 2.75) is 13.0 Å². The average molecular weight is 254 g/mol. The summed E-state index contributed by atoms with van der Waals surface area (Å²) in [5.74, 6) is 0. The van der Waals surface area contributed by atoms with E-state index in [1.807, 2.05) is 6.07 Å². The van der Waals surface area contributed by atoms with Gasteiger partial charge in [-0.05, 0) is 19.0 Å². The average Bonchev–Trinajstić information content (AvgIpc) is 2.39. The summed E-state index contributed by atoms with van der Waals surface area (Å²) in [4.78, 5) is 11.4. The van der Waals surface area contributed by atoms with Crippen molar-refractivity contribution in [3.8, 4) is 0 Å². The molecule has 1 aromatic heterocycles. The zero-order valence-corrected chi connectivity index (χ0v) is 10.9. The van der Waals surface area contributed by atoms with Gasteiger partial charge in [0, 0.05) is 39.1 Å². The number of pyridine rings is 1. The van der Waals surface area contributed by atoms with Crippen molar-refractivity contribution in [1.82, 2.24) is 9.88 Å². The van der Waals surface area contributed by atoms with Crippen molar-refractivity contribution in [2.75, 3.05) is 40.0 Å². The maximum Gasteiger partial charge on any atom is 0.250 e. The number of nitrogens with zero attached hydrogens (tertiary/aromatic N) is 1. The van der Waals surface area contributed by atoms with Crippen LogP contribution < -0.4 is 10.9 Å². The third-order valence-electron chi connectivity index (χ3n) is 2.50. The van der Waals surface area contributed by atoms with Crippen LogP contribution in [-0.2, 0) is 16.0 Å². The van der Waals surface area contributed by atoms with Gasteiger partial charge in [0.05, 0.1) is 13.2 Å². The van der Waals surface area contributed by atoms with E-state index in [0.717, 1.165) is 26.1 Å². The molecule has 0 aliphatic rings. The molecule has 1 rings (SSSR count). The third-order valence-corrected chi connectivity index (χ3v) is 2.50. The Bertz CT molecular complexity index is 365. The fourth-order valence-corrected chi connectivity index (χ4v) is 1.51. The van der Waals surface area contributed by atoms with Crippen molar-refractivity contribution in [1.29, 1.82) is 0 Å². The highest BCUT2D eigenvalue weighted by Gasteiger charge is 1.93. The summed E-state index contributed by atoms with van der Waals surface area (Å²) in [5.41, 5.74) is 0.0437. The Morgan fingerprint density at radius 2 is 2.11 bits per heavy atom. The number of hydrogen-bond acceptors (Lipinski definition) is 4. The number of aromatic nitrogens is 1. The van der Waals surface area contributed by atoms with Gasteiger partial charge in [0.15, 0.2) is 0 Å². The molecule has 0 fully saturated rings. The molecule has 0 aliphatic carbocycles. The number of rotatable bonds is 10. The summed E-state index contributed by atoms with van der Waals surface area (Å²) >= 11 is 0. The first kappa shape index (κ1) is 14.9. The predicted octanol–water partition coefficient (Wildman–Crippen LogP) is 0.491. The van der Waals surface area contributed by atoms with Gasteiger partial charge in [-0.25, -0.2) is 0 Å². The molecule has 0 amide bonds. The maximum atomic E-state index is 11.4. The zero-order valence-electron chi connectivity index (χ0n) is 10.9. The lowest BCUT2D eigenvalue weighted by Crippen LogP contribution is -2.27. The normalized spacial score (nSPS) is 10.7. The summed E-state index contributed by atoms with van der Waals surface area (Å²) in [5, 5.41) is 3.28. The topological polar surface area (TPSA) is 52.5 Å². The van der Waals surface area contributed by atoms with E-state index in [2.05, 4.69) is 5.32 Å². The minimum atomic E-state index is 0.0437. The number of hydrogen-bond donors (Lipinski definition) is 1. The lowest BCUT2D eigenvalue weighted by atomic mass is 10.4. The molecule has 0 aromatic carbocycles. The van der Waals surface area contributed by atoms with Crippen molar-refractivity contribution >= 4 is 0 Å². The van der Waals surface area contributed by atoms with E-state index in [9.17, 15) is 4.79 Å². The summed E-state index contributed by atoms with van der Waals surface area (Å²) in [6.45, 7) is 4.42. The first-order valence-corrected chi connectivity index (χ1v) is 6.27.